The second kappa shape index (κ2) is 6.03. The lowest BCUT2D eigenvalue weighted by Crippen LogP contribution is -2.23. The Morgan fingerprint density at radius 3 is 2.83 bits per heavy atom. The van der Waals surface area contributed by atoms with Crippen molar-refractivity contribution in [2.24, 2.45) is 18.9 Å². The molecule has 1 aliphatic carbocycles. The molecule has 4 nitrogen and oxygen atoms in total. The Bertz CT molecular complexity index is 433. The number of rotatable bonds is 4. The molecule has 1 aliphatic rings. The van der Waals surface area contributed by atoms with Gasteiger partial charge < -0.3 is 9.88 Å². The van der Waals surface area contributed by atoms with Gasteiger partial charge in [-0.2, -0.15) is 0 Å². The zero-order valence-corrected chi connectivity index (χ0v) is 11.4. The van der Waals surface area contributed by atoms with Crippen LogP contribution in [0.2, 0.25) is 0 Å². The third-order valence-corrected chi connectivity index (χ3v) is 4.00. The van der Waals surface area contributed by atoms with Crippen LogP contribution in [0, 0.1) is 11.8 Å². The van der Waals surface area contributed by atoms with Crippen LogP contribution in [0.4, 0.5) is 5.82 Å². The Balaban J connectivity index is 1.78. The van der Waals surface area contributed by atoms with E-state index < -0.39 is 0 Å². The van der Waals surface area contributed by atoms with Gasteiger partial charge in [0.25, 0.3) is 5.56 Å². The second-order valence-corrected chi connectivity index (χ2v) is 5.53. The molecule has 0 saturated heterocycles. The maximum Gasteiger partial charge on any atom is 0.293 e. The van der Waals surface area contributed by atoms with E-state index in [1.165, 1.54) is 25.7 Å². The Morgan fingerprint density at radius 1 is 1.39 bits per heavy atom. The van der Waals surface area contributed by atoms with E-state index in [0.717, 1.165) is 24.8 Å². The molecule has 1 fully saturated rings. The van der Waals surface area contributed by atoms with E-state index >= 15 is 0 Å². The van der Waals surface area contributed by atoms with Crippen LogP contribution in [0.25, 0.3) is 0 Å². The third-order valence-electron chi connectivity index (χ3n) is 4.00. The van der Waals surface area contributed by atoms with E-state index in [1.54, 1.807) is 24.0 Å². The van der Waals surface area contributed by atoms with Crippen LogP contribution < -0.4 is 10.9 Å². The number of nitrogens with one attached hydrogen (secondary N) is 1. The molecule has 0 aromatic carbocycles. The maximum atomic E-state index is 11.7. The van der Waals surface area contributed by atoms with Crippen LogP contribution in [0.15, 0.2) is 17.2 Å². The van der Waals surface area contributed by atoms with Gasteiger partial charge in [-0.3, -0.25) is 4.79 Å². The molecular weight excluding hydrogens is 226 g/mol. The molecule has 0 radical (unpaired) electrons. The van der Waals surface area contributed by atoms with Crippen LogP contribution in [-0.4, -0.2) is 16.1 Å². The normalized spacial score (nSPS) is 23.9. The van der Waals surface area contributed by atoms with E-state index in [1.807, 2.05) is 0 Å². The van der Waals surface area contributed by atoms with Crippen molar-refractivity contribution >= 4 is 5.82 Å². The predicted molar refractivity (Wildman–Crippen MR) is 73.7 cm³/mol. The van der Waals surface area contributed by atoms with Gasteiger partial charge in [-0.25, -0.2) is 4.98 Å². The highest BCUT2D eigenvalue weighted by Crippen LogP contribution is 2.30. The fraction of sp³-hybridized carbons (Fsp3) is 0.714. The number of aryl methyl sites for hydroxylation is 1. The molecule has 4 heteroatoms. The largest absolute Gasteiger partial charge is 0.365 e. The van der Waals surface area contributed by atoms with Crippen molar-refractivity contribution in [2.45, 2.75) is 39.0 Å². The number of hydrogen-bond acceptors (Lipinski definition) is 3. The lowest BCUT2D eigenvalue weighted by Gasteiger charge is -2.26. The first kappa shape index (κ1) is 13.1. The summed E-state index contributed by atoms with van der Waals surface area (Å²) in [6.07, 6.45) is 9.87. The topological polar surface area (TPSA) is 46.9 Å². The zero-order valence-electron chi connectivity index (χ0n) is 11.4. The summed E-state index contributed by atoms with van der Waals surface area (Å²) in [4.78, 5) is 15.8. The third kappa shape index (κ3) is 3.34. The van der Waals surface area contributed by atoms with Crippen LogP contribution in [0.1, 0.15) is 39.0 Å². The second-order valence-electron chi connectivity index (χ2n) is 5.53. The highest BCUT2D eigenvalue weighted by molar-refractivity contribution is 5.30. The Morgan fingerprint density at radius 2 is 2.11 bits per heavy atom. The van der Waals surface area contributed by atoms with Gasteiger partial charge in [-0.05, 0) is 18.3 Å². The Hall–Kier alpha value is -1.32. The number of aromatic nitrogens is 2. The smallest absolute Gasteiger partial charge is 0.293 e. The van der Waals surface area contributed by atoms with E-state index in [-0.39, 0.29) is 5.56 Å². The molecule has 0 bridgehead atoms. The minimum Gasteiger partial charge on any atom is -0.365 e. The van der Waals surface area contributed by atoms with Gasteiger partial charge in [-0.1, -0.05) is 32.6 Å². The molecule has 0 atom stereocenters. The highest BCUT2D eigenvalue weighted by Gasteiger charge is 2.17. The van der Waals surface area contributed by atoms with Gasteiger partial charge in [0.15, 0.2) is 5.82 Å². The molecule has 0 unspecified atom stereocenters. The van der Waals surface area contributed by atoms with E-state index in [9.17, 15) is 4.79 Å². The van der Waals surface area contributed by atoms with Crippen LogP contribution in [0.5, 0.6) is 0 Å². The lowest BCUT2D eigenvalue weighted by atomic mass is 9.81. The molecule has 1 saturated carbocycles. The van der Waals surface area contributed by atoms with Crippen molar-refractivity contribution in [1.29, 1.82) is 0 Å². The molecule has 1 heterocycles. The first-order chi connectivity index (χ1) is 8.66. The SMILES string of the molecule is CC1CCC(CCNc2nccn(C)c2=O)CC1. The van der Waals surface area contributed by atoms with Crippen molar-refractivity contribution in [2.75, 3.05) is 11.9 Å². The fourth-order valence-corrected chi connectivity index (χ4v) is 2.63. The molecule has 2 rings (SSSR count). The Labute approximate surface area is 108 Å². The van der Waals surface area contributed by atoms with Crippen LogP contribution in [-0.2, 0) is 7.05 Å². The van der Waals surface area contributed by atoms with Gasteiger partial charge >= 0.3 is 0 Å². The van der Waals surface area contributed by atoms with Crippen molar-refractivity contribution in [3.8, 4) is 0 Å². The number of hydrogen-bond donors (Lipinski definition) is 1. The average molecular weight is 249 g/mol. The molecule has 1 aromatic rings. The molecule has 0 aliphatic heterocycles. The van der Waals surface area contributed by atoms with Gasteiger partial charge in [0.1, 0.15) is 0 Å². The van der Waals surface area contributed by atoms with Gasteiger partial charge in [0.05, 0.1) is 0 Å². The van der Waals surface area contributed by atoms with Crippen molar-refractivity contribution in [3.63, 3.8) is 0 Å². The minimum atomic E-state index is -0.0465. The van der Waals surface area contributed by atoms with Crippen LogP contribution >= 0.6 is 0 Å². The quantitative estimate of drug-likeness (QED) is 0.891. The number of anilines is 1. The summed E-state index contributed by atoms with van der Waals surface area (Å²) in [6, 6.07) is 0. The monoisotopic (exact) mass is 249 g/mol. The molecule has 0 amide bonds. The summed E-state index contributed by atoms with van der Waals surface area (Å²) in [5.74, 6) is 2.20. The molecule has 1 N–H and O–H groups in total. The van der Waals surface area contributed by atoms with Gasteiger partial charge in [0, 0.05) is 26.0 Å². The minimum absolute atomic E-state index is 0.0465. The standard InChI is InChI=1S/C14H23N3O/c1-11-3-5-12(6-4-11)7-8-15-13-14(18)17(2)10-9-16-13/h9-12H,3-8H2,1-2H3,(H,15,16). The molecular formula is C14H23N3O. The summed E-state index contributed by atoms with van der Waals surface area (Å²) >= 11 is 0. The van der Waals surface area contributed by atoms with Crippen LogP contribution in [0.3, 0.4) is 0 Å². The maximum absolute atomic E-state index is 11.7. The Kier molecular flexibility index (Phi) is 4.39. The average Bonchev–Trinajstić information content (AvgIpc) is 2.37. The summed E-state index contributed by atoms with van der Waals surface area (Å²) in [7, 11) is 1.75. The molecule has 100 valence electrons. The van der Waals surface area contributed by atoms with E-state index in [2.05, 4.69) is 17.2 Å². The van der Waals surface area contributed by atoms with Crippen molar-refractivity contribution in [3.05, 3.63) is 22.7 Å². The molecule has 1 aromatic heterocycles. The zero-order chi connectivity index (χ0) is 13.0. The van der Waals surface area contributed by atoms with Gasteiger partial charge in [0.2, 0.25) is 0 Å². The number of nitrogens with zero attached hydrogens (tertiary/aromatic N) is 2. The first-order valence-electron chi connectivity index (χ1n) is 6.92. The molecule has 0 spiro atoms. The summed E-state index contributed by atoms with van der Waals surface area (Å²) in [5, 5.41) is 3.17. The summed E-state index contributed by atoms with van der Waals surface area (Å²) in [5.41, 5.74) is -0.0465. The molecule has 18 heavy (non-hydrogen) atoms. The van der Waals surface area contributed by atoms with Crippen molar-refractivity contribution in [1.82, 2.24) is 9.55 Å². The van der Waals surface area contributed by atoms with Crippen molar-refractivity contribution < 1.29 is 0 Å². The summed E-state index contributed by atoms with van der Waals surface area (Å²) < 4.78 is 1.55. The first-order valence-corrected chi connectivity index (χ1v) is 6.92. The fourth-order valence-electron chi connectivity index (χ4n) is 2.63. The van der Waals surface area contributed by atoms with E-state index in [4.69, 9.17) is 0 Å². The van der Waals surface area contributed by atoms with E-state index in [0.29, 0.717) is 5.82 Å². The summed E-state index contributed by atoms with van der Waals surface area (Å²) in [6.45, 7) is 3.19. The van der Waals surface area contributed by atoms with Gasteiger partial charge in [-0.15, -0.1) is 0 Å². The lowest BCUT2D eigenvalue weighted by molar-refractivity contribution is 0.282. The predicted octanol–water partition coefficient (Wildman–Crippen LogP) is 2.41. The highest BCUT2D eigenvalue weighted by atomic mass is 16.1.